The van der Waals surface area contributed by atoms with Crippen molar-refractivity contribution in [2.75, 3.05) is 6.61 Å². The molecule has 0 bridgehead atoms. The zero-order valence-electron chi connectivity index (χ0n) is 15.9. The Kier molecular flexibility index (Phi) is 6.42. The van der Waals surface area contributed by atoms with Crippen molar-refractivity contribution in [2.45, 2.75) is 13.5 Å². The van der Waals surface area contributed by atoms with Crippen LogP contribution in [0, 0.1) is 0 Å². The Morgan fingerprint density at radius 2 is 1.59 bits per heavy atom. The van der Waals surface area contributed by atoms with Gasteiger partial charge in [0.05, 0.1) is 13.2 Å². The highest BCUT2D eigenvalue weighted by atomic mass is 16.5. The van der Waals surface area contributed by atoms with Crippen molar-refractivity contribution in [3.05, 3.63) is 100.0 Å². The lowest BCUT2D eigenvalue weighted by atomic mass is 10.2. The average Bonchev–Trinajstić information content (AvgIpc) is 2.75. The minimum absolute atomic E-state index is 0.0598. The molecule has 7 heteroatoms. The molecule has 0 saturated carbocycles. The van der Waals surface area contributed by atoms with Crippen molar-refractivity contribution in [3.63, 3.8) is 0 Å². The van der Waals surface area contributed by atoms with Crippen molar-refractivity contribution in [3.8, 4) is 5.75 Å². The third-order valence-corrected chi connectivity index (χ3v) is 4.18. The molecule has 2 amide bonds. The fraction of sp³-hybridized carbons (Fsp3) is 0.136. The summed E-state index contributed by atoms with van der Waals surface area (Å²) in [5.74, 6) is -0.532. The molecule has 148 valence electrons. The fourth-order valence-electron chi connectivity index (χ4n) is 2.74. The summed E-state index contributed by atoms with van der Waals surface area (Å²) in [7, 11) is 0. The zero-order valence-corrected chi connectivity index (χ0v) is 15.9. The van der Waals surface area contributed by atoms with Crippen LogP contribution in [0.15, 0.2) is 77.7 Å². The van der Waals surface area contributed by atoms with E-state index in [1.165, 1.54) is 10.6 Å². The monoisotopic (exact) mass is 391 g/mol. The molecule has 3 rings (SSSR count). The number of aromatic nitrogens is 1. The number of hydrazine groups is 1. The third-order valence-electron chi connectivity index (χ3n) is 4.18. The van der Waals surface area contributed by atoms with Gasteiger partial charge < -0.3 is 9.30 Å². The predicted molar refractivity (Wildman–Crippen MR) is 109 cm³/mol. The summed E-state index contributed by atoms with van der Waals surface area (Å²) in [6.07, 6.45) is 1.62. The van der Waals surface area contributed by atoms with Crippen molar-refractivity contribution in [1.29, 1.82) is 0 Å². The van der Waals surface area contributed by atoms with E-state index in [2.05, 4.69) is 10.9 Å². The zero-order chi connectivity index (χ0) is 20.6. The van der Waals surface area contributed by atoms with E-state index in [4.69, 9.17) is 4.74 Å². The van der Waals surface area contributed by atoms with E-state index in [1.807, 2.05) is 37.3 Å². The quantitative estimate of drug-likeness (QED) is 0.632. The number of ether oxygens (including phenoxy) is 1. The molecule has 2 N–H and O–H groups in total. The molecule has 7 nitrogen and oxygen atoms in total. The van der Waals surface area contributed by atoms with E-state index in [-0.39, 0.29) is 5.56 Å². The molecule has 0 atom stereocenters. The molecule has 0 radical (unpaired) electrons. The first-order chi connectivity index (χ1) is 14.1. The molecule has 0 aliphatic rings. The van der Waals surface area contributed by atoms with Crippen LogP contribution in [0.1, 0.15) is 33.2 Å². The number of carbonyl (C=O) groups excluding carboxylic acids is 2. The second-order valence-corrected chi connectivity index (χ2v) is 6.21. The second-order valence-electron chi connectivity index (χ2n) is 6.21. The molecule has 0 spiro atoms. The van der Waals surface area contributed by atoms with E-state index in [1.54, 1.807) is 36.5 Å². The van der Waals surface area contributed by atoms with Gasteiger partial charge in [0, 0.05) is 11.8 Å². The van der Waals surface area contributed by atoms with Crippen LogP contribution in [0.4, 0.5) is 0 Å². The van der Waals surface area contributed by atoms with Crippen LogP contribution >= 0.6 is 0 Å². The normalized spacial score (nSPS) is 10.2. The molecular formula is C22H21N3O4. The van der Waals surface area contributed by atoms with Crippen LogP contribution in [-0.2, 0) is 6.54 Å². The number of hydrogen-bond donors (Lipinski definition) is 2. The summed E-state index contributed by atoms with van der Waals surface area (Å²) in [6, 6.07) is 19.0. The lowest BCUT2D eigenvalue weighted by Gasteiger charge is -2.10. The molecule has 0 aliphatic carbocycles. The van der Waals surface area contributed by atoms with Gasteiger partial charge in [-0.25, -0.2) is 0 Å². The Balaban J connectivity index is 1.65. The maximum atomic E-state index is 12.6. The first-order valence-electron chi connectivity index (χ1n) is 9.15. The molecule has 29 heavy (non-hydrogen) atoms. The highest BCUT2D eigenvalue weighted by Gasteiger charge is 2.14. The minimum atomic E-state index is -0.684. The number of pyridine rings is 1. The first-order valence-corrected chi connectivity index (χ1v) is 9.15. The first kappa shape index (κ1) is 19.9. The molecule has 0 fully saturated rings. The van der Waals surface area contributed by atoms with Gasteiger partial charge in [-0.2, -0.15) is 0 Å². The van der Waals surface area contributed by atoms with E-state index in [0.29, 0.717) is 24.5 Å². The minimum Gasteiger partial charge on any atom is -0.494 e. The van der Waals surface area contributed by atoms with Crippen LogP contribution in [0.5, 0.6) is 5.75 Å². The molecule has 3 aromatic rings. The standard InChI is InChI=1S/C22H21N3O4/c1-2-29-18-12-10-17(11-13-18)20(26)23-24-21(27)19-9-6-14-25(22(19)28)15-16-7-4-3-5-8-16/h3-14H,2,15H2,1H3,(H,23,26)(H,24,27). The van der Waals surface area contributed by atoms with Crippen molar-refractivity contribution < 1.29 is 14.3 Å². The number of nitrogens with one attached hydrogen (secondary N) is 2. The summed E-state index contributed by atoms with van der Waals surface area (Å²) >= 11 is 0. The Morgan fingerprint density at radius 1 is 0.897 bits per heavy atom. The molecule has 1 aromatic heterocycles. The van der Waals surface area contributed by atoms with Gasteiger partial charge in [-0.3, -0.25) is 25.2 Å². The summed E-state index contributed by atoms with van der Waals surface area (Å²) in [5, 5.41) is 0. The van der Waals surface area contributed by atoms with Gasteiger partial charge in [0.2, 0.25) is 0 Å². The van der Waals surface area contributed by atoms with Gasteiger partial charge in [0.15, 0.2) is 0 Å². The molecule has 1 heterocycles. The van der Waals surface area contributed by atoms with Crippen molar-refractivity contribution >= 4 is 11.8 Å². The maximum absolute atomic E-state index is 12.6. The van der Waals surface area contributed by atoms with E-state index in [9.17, 15) is 14.4 Å². The lowest BCUT2D eigenvalue weighted by Crippen LogP contribution is -2.44. The third kappa shape index (κ3) is 5.10. The highest BCUT2D eigenvalue weighted by molar-refractivity contribution is 5.98. The van der Waals surface area contributed by atoms with Crippen LogP contribution in [0.3, 0.4) is 0 Å². The van der Waals surface area contributed by atoms with Crippen LogP contribution in [-0.4, -0.2) is 23.0 Å². The van der Waals surface area contributed by atoms with Gasteiger partial charge in [-0.1, -0.05) is 30.3 Å². The Labute approximate surface area is 167 Å². The number of amides is 2. The second kappa shape index (κ2) is 9.36. The van der Waals surface area contributed by atoms with Crippen LogP contribution in [0.25, 0.3) is 0 Å². The molecule has 0 unspecified atom stereocenters. The number of rotatable bonds is 6. The molecule has 2 aromatic carbocycles. The molecule has 0 saturated heterocycles. The largest absolute Gasteiger partial charge is 0.494 e. The molecular weight excluding hydrogens is 370 g/mol. The Bertz CT molecular complexity index is 1040. The smallest absolute Gasteiger partial charge is 0.275 e. The SMILES string of the molecule is CCOc1ccc(C(=O)NNC(=O)c2cccn(Cc3ccccc3)c2=O)cc1. The molecule has 0 aliphatic heterocycles. The number of nitrogens with zero attached hydrogens (tertiary/aromatic N) is 1. The van der Waals surface area contributed by atoms with E-state index >= 15 is 0 Å². The van der Waals surface area contributed by atoms with Crippen LogP contribution < -0.4 is 21.1 Å². The lowest BCUT2D eigenvalue weighted by molar-refractivity contribution is 0.0845. The number of carbonyl (C=O) groups is 2. The van der Waals surface area contributed by atoms with Crippen molar-refractivity contribution in [2.24, 2.45) is 0 Å². The van der Waals surface area contributed by atoms with Gasteiger partial charge in [-0.15, -0.1) is 0 Å². The summed E-state index contributed by atoms with van der Waals surface area (Å²) in [5.41, 5.74) is 5.39. The summed E-state index contributed by atoms with van der Waals surface area (Å²) < 4.78 is 6.77. The maximum Gasteiger partial charge on any atom is 0.275 e. The van der Waals surface area contributed by atoms with Crippen molar-refractivity contribution in [1.82, 2.24) is 15.4 Å². The fourth-order valence-corrected chi connectivity index (χ4v) is 2.74. The summed E-state index contributed by atoms with van der Waals surface area (Å²) in [4.78, 5) is 37.2. The Morgan fingerprint density at radius 3 is 2.28 bits per heavy atom. The van der Waals surface area contributed by atoms with E-state index < -0.39 is 17.4 Å². The highest BCUT2D eigenvalue weighted by Crippen LogP contribution is 2.11. The summed E-state index contributed by atoms with van der Waals surface area (Å²) in [6.45, 7) is 2.74. The van der Waals surface area contributed by atoms with Gasteiger partial charge in [0.25, 0.3) is 17.4 Å². The van der Waals surface area contributed by atoms with Crippen LogP contribution in [0.2, 0.25) is 0 Å². The Hall–Kier alpha value is -3.87. The van der Waals surface area contributed by atoms with E-state index in [0.717, 1.165) is 5.56 Å². The van der Waals surface area contributed by atoms with Gasteiger partial charge in [0.1, 0.15) is 11.3 Å². The number of hydrogen-bond acceptors (Lipinski definition) is 4. The topological polar surface area (TPSA) is 89.4 Å². The average molecular weight is 391 g/mol. The van der Waals surface area contributed by atoms with Gasteiger partial charge >= 0.3 is 0 Å². The number of benzene rings is 2. The predicted octanol–water partition coefficient (Wildman–Crippen LogP) is 2.37. The van der Waals surface area contributed by atoms with Gasteiger partial charge in [-0.05, 0) is 48.9 Å².